The first-order valence-corrected chi connectivity index (χ1v) is 6.47. The van der Waals surface area contributed by atoms with Crippen LogP contribution in [0.25, 0.3) is 5.69 Å². The highest BCUT2D eigenvalue weighted by molar-refractivity contribution is 5.93. The average Bonchev–Trinajstić information content (AvgIpc) is 2.86. The molecule has 0 aliphatic heterocycles. The van der Waals surface area contributed by atoms with Crippen molar-refractivity contribution < 1.29 is 14.3 Å². The molecule has 1 aromatic carbocycles. The summed E-state index contributed by atoms with van der Waals surface area (Å²) >= 11 is 0. The number of ketones is 1. The highest BCUT2D eigenvalue weighted by Crippen LogP contribution is 2.26. The largest absolute Gasteiger partial charge is 0.464 e. The maximum atomic E-state index is 11.8. The normalized spacial score (nSPS) is 13.9. The summed E-state index contributed by atoms with van der Waals surface area (Å²) in [4.78, 5) is 23.5. The molecule has 20 heavy (non-hydrogen) atoms. The van der Waals surface area contributed by atoms with Crippen molar-refractivity contribution >= 4 is 11.8 Å². The van der Waals surface area contributed by atoms with Gasteiger partial charge in [-0.2, -0.15) is 5.10 Å². The summed E-state index contributed by atoms with van der Waals surface area (Å²) in [7, 11) is 1.32. The van der Waals surface area contributed by atoms with Crippen LogP contribution >= 0.6 is 0 Å². The smallest absolute Gasteiger partial charge is 0.358 e. The van der Waals surface area contributed by atoms with E-state index < -0.39 is 5.97 Å². The number of carbonyl (C=O) groups is 2. The molecule has 0 fully saturated rings. The Labute approximate surface area is 116 Å². The molecule has 0 N–H and O–H groups in total. The minimum Gasteiger partial charge on any atom is -0.464 e. The summed E-state index contributed by atoms with van der Waals surface area (Å²) in [6.45, 7) is 0. The maximum absolute atomic E-state index is 11.8. The molecule has 0 saturated carbocycles. The van der Waals surface area contributed by atoms with Crippen LogP contribution in [0.4, 0.5) is 0 Å². The summed E-state index contributed by atoms with van der Waals surface area (Å²) < 4.78 is 6.50. The minimum absolute atomic E-state index is 0.135. The van der Waals surface area contributed by atoms with Gasteiger partial charge < -0.3 is 4.74 Å². The molecule has 0 radical (unpaired) electrons. The van der Waals surface area contributed by atoms with Crippen LogP contribution < -0.4 is 0 Å². The molecule has 2 aromatic rings. The van der Waals surface area contributed by atoms with E-state index in [2.05, 4.69) is 5.10 Å². The molecule has 0 spiro atoms. The molecule has 1 heterocycles. The number of aromatic nitrogens is 2. The van der Waals surface area contributed by atoms with Gasteiger partial charge in [0, 0.05) is 24.1 Å². The first-order valence-electron chi connectivity index (χ1n) is 6.47. The maximum Gasteiger partial charge on any atom is 0.358 e. The lowest BCUT2D eigenvalue weighted by molar-refractivity contribution is -0.118. The van der Waals surface area contributed by atoms with Gasteiger partial charge in [0.2, 0.25) is 0 Å². The van der Waals surface area contributed by atoms with E-state index in [9.17, 15) is 9.59 Å². The predicted molar refractivity (Wildman–Crippen MR) is 71.9 cm³/mol. The number of carbonyl (C=O) groups excluding carboxylic acids is 2. The molecular formula is C15H14N2O3. The van der Waals surface area contributed by atoms with Crippen LogP contribution in [0.3, 0.4) is 0 Å². The van der Waals surface area contributed by atoms with Crippen LogP contribution in [0.1, 0.15) is 28.2 Å². The summed E-state index contributed by atoms with van der Waals surface area (Å²) in [5.41, 5.74) is 2.76. The number of Topliss-reactive ketones (excluding diaryl/α,β-unsaturated/α-hetero) is 1. The Balaban J connectivity index is 2.17. The van der Waals surface area contributed by atoms with Crippen molar-refractivity contribution in [1.82, 2.24) is 9.78 Å². The number of hydrogen-bond donors (Lipinski definition) is 0. The van der Waals surface area contributed by atoms with Crippen LogP contribution in [0, 0.1) is 0 Å². The standard InChI is InChI=1S/C15H14N2O3/c1-20-15(19)14-12-9-11(18)7-8-13(12)17(16-14)10-5-3-2-4-6-10/h2-6H,7-9H2,1H3. The van der Waals surface area contributed by atoms with Crippen molar-refractivity contribution in [1.29, 1.82) is 0 Å². The van der Waals surface area contributed by atoms with Gasteiger partial charge in [-0.3, -0.25) is 4.79 Å². The second-order valence-corrected chi connectivity index (χ2v) is 4.73. The molecule has 102 valence electrons. The van der Waals surface area contributed by atoms with Crippen LogP contribution in [-0.4, -0.2) is 28.6 Å². The number of benzene rings is 1. The Morgan fingerprint density at radius 1 is 1.25 bits per heavy atom. The zero-order valence-electron chi connectivity index (χ0n) is 11.1. The molecule has 5 heteroatoms. The lowest BCUT2D eigenvalue weighted by atomic mass is 9.94. The van der Waals surface area contributed by atoms with Gasteiger partial charge in [0.15, 0.2) is 5.69 Å². The molecule has 3 rings (SSSR count). The number of nitrogens with zero attached hydrogens (tertiary/aromatic N) is 2. The molecule has 0 amide bonds. The van der Waals surface area contributed by atoms with Crippen LogP contribution in [0.2, 0.25) is 0 Å². The third-order valence-corrected chi connectivity index (χ3v) is 3.48. The summed E-state index contributed by atoms with van der Waals surface area (Å²) in [6, 6.07) is 9.59. The molecule has 5 nitrogen and oxygen atoms in total. The van der Waals surface area contributed by atoms with Crippen molar-refractivity contribution in [3.05, 3.63) is 47.3 Å². The molecule has 0 atom stereocenters. The van der Waals surface area contributed by atoms with Gasteiger partial charge in [-0.25, -0.2) is 9.48 Å². The zero-order valence-corrected chi connectivity index (χ0v) is 11.1. The molecule has 1 aromatic heterocycles. The number of para-hydroxylation sites is 1. The van der Waals surface area contributed by atoms with E-state index in [1.807, 2.05) is 30.3 Å². The fraction of sp³-hybridized carbons (Fsp3) is 0.267. The third-order valence-electron chi connectivity index (χ3n) is 3.48. The first kappa shape index (κ1) is 12.6. The molecule has 1 aliphatic rings. The Kier molecular flexibility index (Phi) is 3.10. The minimum atomic E-state index is -0.495. The Morgan fingerprint density at radius 2 is 2.00 bits per heavy atom. The number of fused-ring (bicyclic) bond motifs is 1. The highest BCUT2D eigenvalue weighted by atomic mass is 16.5. The molecule has 0 unspecified atom stereocenters. The lowest BCUT2D eigenvalue weighted by Gasteiger charge is -2.13. The number of rotatable bonds is 2. The van der Waals surface area contributed by atoms with Gasteiger partial charge in [0.1, 0.15) is 5.78 Å². The molecule has 0 bridgehead atoms. The zero-order chi connectivity index (χ0) is 14.1. The molecule has 1 aliphatic carbocycles. The number of methoxy groups -OCH3 is 1. The Bertz CT molecular complexity index is 674. The number of ether oxygens (including phenoxy) is 1. The van der Waals surface area contributed by atoms with Crippen molar-refractivity contribution in [3.63, 3.8) is 0 Å². The van der Waals surface area contributed by atoms with Gasteiger partial charge in [0.05, 0.1) is 12.8 Å². The van der Waals surface area contributed by atoms with E-state index >= 15 is 0 Å². The fourth-order valence-corrected chi connectivity index (χ4v) is 2.51. The van der Waals surface area contributed by atoms with Crippen LogP contribution in [0.15, 0.2) is 30.3 Å². The van der Waals surface area contributed by atoms with Gasteiger partial charge in [-0.15, -0.1) is 0 Å². The van der Waals surface area contributed by atoms with Crippen molar-refractivity contribution in [2.75, 3.05) is 7.11 Å². The molecule has 0 saturated heterocycles. The van der Waals surface area contributed by atoms with E-state index in [1.165, 1.54) is 7.11 Å². The number of hydrogen-bond acceptors (Lipinski definition) is 4. The predicted octanol–water partition coefficient (Wildman–Crippen LogP) is 1.72. The fourth-order valence-electron chi connectivity index (χ4n) is 2.51. The van der Waals surface area contributed by atoms with E-state index in [-0.39, 0.29) is 17.9 Å². The van der Waals surface area contributed by atoms with Crippen LogP contribution in [-0.2, 0) is 22.4 Å². The molecular weight excluding hydrogens is 256 g/mol. The van der Waals surface area contributed by atoms with E-state index in [4.69, 9.17) is 4.74 Å². The first-order chi connectivity index (χ1) is 9.70. The van der Waals surface area contributed by atoms with Gasteiger partial charge in [0.25, 0.3) is 0 Å². The van der Waals surface area contributed by atoms with Crippen molar-refractivity contribution in [3.8, 4) is 5.69 Å². The van der Waals surface area contributed by atoms with E-state index in [1.54, 1.807) is 4.68 Å². The topological polar surface area (TPSA) is 61.2 Å². The van der Waals surface area contributed by atoms with Gasteiger partial charge in [-0.1, -0.05) is 18.2 Å². The monoisotopic (exact) mass is 270 g/mol. The second kappa shape index (κ2) is 4.92. The Morgan fingerprint density at radius 3 is 2.70 bits per heavy atom. The van der Waals surface area contributed by atoms with Gasteiger partial charge in [-0.05, 0) is 18.6 Å². The van der Waals surface area contributed by atoms with Gasteiger partial charge >= 0.3 is 5.97 Å². The quantitative estimate of drug-likeness (QED) is 0.779. The average molecular weight is 270 g/mol. The number of esters is 1. The van der Waals surface area contributed by atoms with Crippen molar-refractivity contribution in [2.45, 2.75) is 19.3 Å². The van der Waals surface area contributed by atoms with E-state index in [0.717, 1.165) is 11.4 Å². The summed E-state index contributed by atoms with van der Waals surface area (Å²) in [5, 5.41) is 4.36. The SMILES string of the molecule is COC(=O)c1nn(-c2ccccc2)c2c1CC(=O)CC2. The third kappa shape index (κ3) is 2.01. The van der Waals surface area contributed by atoms with Crippen molar-refractivity contribution in [2.24, 2.45) is 0 Å². The Hall–Kier alpha value is -2.43. The highest BCUT2D eigenvalue weighted by Gasteiger charge is 2.28. The summed E-state index contributed by atoms with van der Waals surface area (Å²) in [6.07, 6.45) is 1.35. The second-order valence-electron chi connectivity index (χ2n) is 4.73. The summed E-state index contributed by atoms with van der Waals surface area (Å²) in [5.74, 6) is -0.360. The lowest BCUT2D eigenvalue weighted by Crippen LogP contribution is -2.16. The van der Waals surface area contributed by atoms with Crippen LogP contribution in [0.5, 0.6) is 0 Å². The van der Waals surface area contributed by atoms with E-state index in [0.29, 0.717) is 18.4 Å².